The first-order valence-electron chi connectivity index (χ1n) is 8.22. The zero-order valence-corrected chi connectivity index (χ0v) is 16.9. The molecule has 0 fully saturated rings. The first-order chi connectivity index (χ1) is 13.0. The Morgan fingerprint density at radius 3 is 2.44 bits per heavy atom. The van der Waals surface area contributed by atoms with Crippen LogP contribution in [0.4, 0.5) is 5.69 Å². The molecular weight excluding hydrogens is 396 g/mol. The van der Waals surface area contributed by atoms with E-state index < -0.39 is 10.0 Å². The molecule has 0 aliphatic carbocycles. The Kier molecular flexibility index (Phi) is 4.82. The topological polar surface area (TPSA) is 59.1 Å². The summed E-state index contributed by atoms with van der Waals surface area (Å²) in [6.45, 7) is 1.89. The third kappa shape index (κ3) is 3.95. The normalized spacial score (nSPS) is 11.4. The van der Waals surface area contributed by atoms with Crippen molar-refractivity contribution < 1.29 is 8.42 Å². The third-order valence-electron chi connectivity index (χ3n) is 3.92. The van der Waals surface area contributed by atoms with Crippen molar-refractivity contribution in [1.82, 2.24) is 4.98 Å². The number of benzene rings is 2. The highest BCUT2D eigenvalue weighted by molar-refractivity contribution is 7.94. The first kappa shape index (κ1) is 17.9. The molecule has 0 atom stereocenters. The number of thiophene rings is 1. The van der Waals surface area contributed by atoms with Crippen molar-refractivity contribution in [1.29, 1.82) is 0 Å². The molecule has 0 aliphatic heterocycles. The molecule has 4 aromatic rings. The summed E-state index contributed by atoms with van der Waals surface area (Å²) in [6, 6.07) is 20.7. The number of sulfonamides is 1. The number of hydrogen-bond acceptors (Lipinski definition) is 5. The summed E-state index contributed by atoms with van der Waals surface area (Å²) in [5.74, 6) is 0. The van der Waals surface area contributed by atoms with Gasteiger partial charge in [-0.1, -0.05) is 42.5 Å². The van der Waals surface area contributed by atoms with Crippen LogP contribution in [-0.2, 0) is 10.0 Å². The van der Waals surface area contributed by atoms with E-state index in [9.17, 15) is 8.42 Å². The van der Waals surface area contributed by atoms with Crippen molar-refractivity contribution >= 4 is 38.4 Å². The van der Waals surface area contributed by atoms with Gasteiger partial charge in [0.05, 0.1) is 5.69 Å². The molecule has 4 rings (SSSR count). The summed E-state index contributed by atoms with van der Waals surface area (Å²) in [5, 5.41) is 2.92. The minimum Gasteiger partial charge on any atom is -0.279 e. The highest BCUT2D eigenvalue weighted by Crippen LogP contribution is 2.30. The van der Waals surface area contributed by atoms with Gasteiger partial charge >= 0.3 is 0 Å². The second kappa shape index (κ2) is 7.26. The molecule has 0 saturated heterocycles. The number of nitrogens with zero attached hydrogens (tertiary/aromatic N) is 1. The van der Waals surface area contributed by atoms with Crippen molar-refractivity contribution in [2.45, 2.75) is 11.1 Å². The summed E-state index contributed by atoms with van der Waals surface area (Å²) in [6.07, 6.45) is 0. The number of aryl methyl sites for hydroxylation is 1. The largest absolute Gasteiger partial charge is 0.279 e. The van der Waals surface area contributed by atoms with E-state index in [1.165, 1.54) is 11.3 Å². The van der Waals surface area contributed by atoms with E-state index in [4.69, 9.17) is 4.98 Å². The van der Waals surface area contributed by atoms with Gasteiger partial charge in [-0.3, -0.25) is 4.72 Å². The summed E-state index contributed by atoms with van der Waals surface area (Å²) in [4.78, 5) is 5.65. The lowest BCUT2D eigenvalue weighted by molar-refractivity contribution is 0.603. The lowest BCUT2D eigenvalue weighted by atomic mass is 10.1. The molecule has 0 amide bonds. The van der Waals surface area contributed by atoms with Crippen molar-refractivity contribution in [2.24, 2.45) is 0 Å². The fraction of sp³-hybridized carbons (Fsp3) is 0.0500. The molecule has 0 unspecified atom stereocenters. The molecular formula is C20H16N2O2S3. The molecule has 136 valence electrons. The zero-order chi connectivity index (χ0) is 18.9. The molecule has 2 aromatic carbocycles. The van der Waals surface area contributed by atoms with E-state index in [0.29, 0.717) is 9.90 Å². The molecule has 0 spiro atoms. The average molecular weight is 413 g/mol. The Hall–Kier alpha value is -2.48. The van der Waals surface area contributed by atoms with Crippen LogP contribution in [0.5, 0.6) is 0 Å². The van der Waals surface area contributed by atoms with Gasteiger partial charge in [0, 0.05) is 27.1 Å². The van der Waals surface area contributed by atoms with Crippen LogP contribution in [0, 0.1) is 6.92 Å². The van der Waals surface area contributed by atoms with E-state index in [-0.39, 0.29) is 0 Å². The monoisotopic (exact) mass is 412 g/mol. The molecule has 0 radical (unpaired) electrons. The molecule has 2 aromatic heterocycles. The summed E-state index contributed by atoms with van der Waals surface area (Å²) in [5.41, 5.74) is 3.29. The van der Waals surface area contributed by atoms with Crippen molar-refractivity contribution in [3.8, 4) is 21.8 Å². The number of rotatable bonds is 5. The zero-order valence-electron chi connectivity index (χ0n) is 14.4. The van der Waals surface area contributed by atoms with Crippen molar-refractivity contribution in [3.05, 3.63) is 77.0 Å². The van der Waals surface area contributed by atoms with E-state index in [1.807, 2.05) is 60.8 Å². The molecule has 0 aliphatic rings. The van der Waals surface area contributed by atoms with Gasteiger partial charge in [-0.25, -0.2) is 13.4 Å². The van der Waals surface area contributed by atoms with Crippen LogP contribution in [0.25, 0.3) is 21.8 Å². The fourth-order valence-corrected chi connectivity index (χ4v) is 5.79. The Balaban J connectivity index is 1.61. The van der Waals surface area contributed by atoms with Gasteiger partial charge in [0.15, 0.2) is 0 Å². The predicted molar refractivity (Wildman–Crippen MR) is 113 cm³/mol. The quantitative estimate of drug-likeness (QED) is 0.461. The van der Waals surface area contributed by atoms with E-state index in [0.717, 1.165) is 26.7 Å². The summed E-state index contributed by atoms with van der Waals surface area (Å²) in [7, 11) is -3.58. The van der Waals surface area contributed by atoms with E-state index in [2.05, 4.69) is 4.72 Å². The maximum absolute atomic E-state index is 12.5. The Morgan fingerprint density at radius 1 is 0.926 bits per heavy atom. The lowest BCUT2D eigenvalue weighted by Crippen LogP contribution is -2.11. The molecule has 2 heterocycles. The van der Waals surface area contributed by atoms with Gasteiger partial charge in [0.2, 0.25) is 0 Å². The van der Waals surface area contributed by atoms with Gasteiger partial charge in [0.1, 0.15) is 9.22 Å². The first-order valence-corrected chi connectivity index (χ1v) is 11.4. The maximum atomic E-state index is 12.5. The van der Waals surface area contributed by atoms with Crippen LogP contribution in [-0.4, -0.2) is 13.4 Å². The number of aromatic nitrogens is 1. The summed E-state index contributed by atoms with van der Waals surface area (Å²) < 4.78 is 28.0. The highest BCUT2D eigenvalue weighted by atomic mass is 32.2. The SMILES string of the molecule is Cc1ccc(S(=O)(=O)Nc2cccc(-c3csc(-c4ccccc4)n3)c2)s1. The number of thiazole rings is 1. The van der Waals surface area contributed by atoms with Gasteiger partial charge < -0.3 is 0 Å². The van der Waals surface area contributed by atoms with E-state index in [1.54, 1.807) is 29.5 Å². The maximum Gasteiger partial charge on any atom is 0.271 e. The Bertz CT molecular complexity index is 1180. The Morgan fingerprint density at radius 2 is 1.70 bits per heavy atom. The summed E-state index contributed by atoms with van der Waals surface area (Å²) >= 11 is 2.82. The molecule has 0 bridgehead atoms. The molecule has 1 N–H and O–H groups in total. The second-order valence-electron chi connectivity index (χ2n) is 5.96. The number of nitrogens with one attached hydrogen (secondary N) is 1. The Labute approximate surface area is 166 Å². The van der Waals surface area contributed by atoms with Crippen LogP contribution in [0.2, 0.25) is 0 Å². The van der Waals surface area contributed by atoms with Crippen LogP contribution in [0.3, 0.4) is 0 Å². The number of hydrogen-bond donors (Lipinski definition) is 1. The highest BCUT2D eigenvalue weighted by Gasteiger charge is 2.16. The van der Waals surface area contributed by atoms with Crippen LogP contribution < -0.4 is 4.72 Å². The van der Waals surface area contributed by atoms with Crippen LogP contribution in [0.15, 0.2) is 76.3 Å². The van der Waals surface area contributed by atoms with Gasteiger partial charge in [0.25, 0.3) is 10.0 Å². The standard InChI is InChI=1S/C20H16N2O2S3/c1-14-10-11-19(26-14)27(23,24)22-17-9-5-8-16(12-17)18-13-25-20(21-18)15-6-3-2-4-7-15/h2-13,22H,1H3. The lowest BCUT2D eigenvalue weighted by Gasteiger charge is -2.07. The minimum atomic E-state index is -3.58. The minimum absolute atomic E-state index is 0.311. The van der Waals surface area contributed by atoms with Crippen molar-refractivity contribution in [3.63, 3.8) is 0 Å². The fourth-order valence-electron chi connectivity index (χ4n) is 2.62. The predicted octanol–water partition coefficient (Wildman–Crippen LogP) is 5.65. The number of anilines is 1. The second-order valence-corrected chi connectivity index (χ2v) is 10.0. The van der Waals surface area contributed by atoms with Crippen molar-refractivity contribution in [2.75, 3.05) is 4.72 Å². The smallest absolute Gasteiger partial charge is 0.271 e. The third-order valence-corrected chi connectivity index (χ3v) is 7.68. The van der Waals surface area contributed by atoms with Gasteiger partial charge in [-0.2, -0.15) is 0 Å². The molecule has 27 heavy (non-hydrogen) atoms. The molecule has 7 heteroatoms. The molecule has 0 saturated carbocycles. The average Bonchev–Trinajstić information content (AvgIpc) is 3.32. The van der Waals surface area contributed by atoms with Crippen LogP contribution >= 0.6 is 22.7 Å². The van der Waals surface area contributed by atoms with Crippen LogP contribution in [0.1, 0.15) is 4.88 Å². The van der Waals surface area contributed by atoms with Gasteiger partial charge in [-0.15, -0.1) is 22.7 Å². The van der Waals surface area contributed by atoms with Gasteiger partial charge in [-0.05, 0) is 31.2 Å². The molecule has 4 nitrogen and oxygen atoms in total. The van der Waals surface area contributed by atoms with E-state index >= 15 is 0 Å².